The Kier molecular flexibility index (Phi) is 30.7. The number of H-pyrrole nitrogens is 1. The van der Waals surface area contributed by atoms with Gasteiger partial charge >= 0.3 is 0 Å². The zero-order chi connectivity index (χ0) is 37.9. The van der Waals surface area contributed by atoms with E-state index in [4.69, 9.17) is 18.9 Å². The number of ether oxygens (including phenoxy) is 4. The highest BCUT2D eigenvalue weighted by atomic mass is 16.7. The summed E-state index contributed by atoms with van der Waals surface area (Å²) in [4.78, 5) is 20.9. The number of nitrogens with one attached hydrogen (secondary N) is 2. The van der Waals surface area contributed by atoms with E-state index in [0.29, 0.717) is 20.0 Å². The molecule has 0 bridgehead atoms. The third kappa shape index (κ3) is 26.4. The molecular weight excluding hydrogens is 665 g/mol. The molecule has 2 N–H and O–H groups in total. The quantitative estimate of drug-likeness (QED) is 0.0521. The van der Waals surface area contributed by atoms with Crippen molar-refractivity contribution in [3.63, 3.8) is 0 Å². The number of para-hydroxylation sites is 1. The summed E-state index contributed by atoms with van der Waals surface area (Å²) >= 11 is 0. The summed E-state index contributed by atoms with van der Waals surface area (Å²) < 4.78 is 22.6. The van der Waals surface area contributed by atoms with Crippen LogP contribution < -0.4 is 5.32 Å². The number of aromatic nitrogens is 1. The Hall–Kier alpha value is -2.01. The van der Waals surface area contributed by atoms with Gasteiger partial charge in [0.05, 0.1) is 0 Å². The number of aryl methyl sites for hydroxylation is 1. The van der Waals surface area contributed by atoms with Gasteiger partial charge in [0.25, 0.3) is 0 Å². The molecule has 9 heteroatoms. The molecular formula is C44H80N4O5. The van der Waals surface area contributed by atoms with Gasteiger partial charge in [0.15, 0.2) is 0 Å². The molecule has 0 atom stereocenters. The Balaban J connectivity index is 1.55. The standard InChI is InChI=1S/C44H80N4O5/c1-4-6-8-18-34-50-39-52-36-20-12-10-16-31-48(32-17-11-13-21-37-53-40-51-35-19-9-7-5-2)33-23-30-47(3)29-22-28-45-44(49)27-26-41-38-46-43-25-15-14-24-42(41)43/h14-15,24-25,38,46H,4-13,16-23,26-37,39-40H2,1-3H3,(H,45,49). The molecule has 306 valence electrons. The van der Waals surface area contributed by atoms with Crippen molar-refractivity contribution in [2.24, 2.45) is 0 Å². The van der Waals surface area contributed by atoms with Gasteiger partial charge in [-0.1, -0.05) is 96.3 Å². The van der Waals surface area contributed by atoms with Gasteiger partial charge in [-0.2, -0.15) is 0 Å². The molecule has 0 aliphatic heterocycles. The first-order valence-electron chi connectivity index (χ1n) is 21.7. The summed E-state index contributed by atoms with van der Waals surface area (Å²) in [7, 11) is 2.21. The highest BCUT2D eigenvalue weighted by Gasteiger charge is 2.09. The first kappa shape index (κ1) is 47.1. The molecule has 0 radical (unpaired) electrons. The summed E-state index contributed by atoms with van der Waals surface area (Å²) in [6, 6.07) is 8.28. The van der Waals surface area contributed by atoms with E-state index in [1.807, 2.05) is 12.3 Å². The van der Waals surface area contributed by atoms with Crippen molar-refractivity contribution in [3.8, 4) is 0 Å². The van der Waals surface area contributed by atoms with Crippen molar-refractivity contribution in [2.45, 2.75) is 142 Å². The Labute approximate surface area is 324 Å². The van der Waals surface area contributed by atoms with Gasteiger partial charge in [0, 0.05) is 56.5 Å². The first-order chi connectivity index (χ1) is 26.1. The SMILES string of the molecule is CCCCCCOCOCCCCCCN(CCCCCCOCOCCCCCC)CCCN(C)CCCNC(=O)CCc1c[nH]c2ccccc12. The van der Waals surface area contributed by atoms with E-state index in [1.54, 1.807) is 0 Å². The van der Waals surface area contributed by atoms with E-state index >= 15 is 0 Å². The summed E-state index contributed by atoms with van der Waals surface area (Å²) in [5.41, 5.74) is 2.34. The lowest BCUT2D eigenvalue weighted by molar-refractivity contribution is -0.121. The number of rotatable bonds is 39. The monoisotopic (exact) mass is 745 g/mol. The largest absolute Gasteiger partial charge is 0.361 e. The number of hydrogen-bond donors (Lipinski definition) is 2. The fourth-order valence-corrected chi connectivity index (χ4v) is 6.66. The topological polar surface area (TPSA) is 88.3 Å². The Bertz CT molecular complexity index is 1070. The predicted molar refractivity (Wildman–Crippen MR) is 222 cm³/mol. The lowest BCUT2D eigenvalue weighted by Gasteiger charge is -2.24. The van der Waals surface area contributed by atoms with Crippen molar-refractivity contribution >= 4 is 16.8 Å². The minimum absolute atomic E-state index is 0.137. The molecule has 1 amide bonds. The van der Waals surface area contributed by atoms with E-state index in [-0.39, 0.29) is 5.91 Å². The van der Waals surface area contributed by atoms with Gasteiger partial charge in [0.2, 0.25) is 5.91 Å². The van der Waals surface area contributed by atoms with Gasteiger partial charge in [-0.15, -0.1) is 0 Å². The van der Waals surface area contributed by atoms with Crippen LogP contribution in [-0.4, -0.2) is 107 Å². The third-order valence-corrected chi connectivity index (χ3v) is 9.99. The van der Waals surface area contributed by atoms with Crippen LogP contribution in [0, 0.1) is 0 Å². The van der Waals surface area contributed by atoms with E-state index in [9.17, 15) is 4.79 Å². The smallest absolute Gasteiger partial charge is 0.220 e. The highest BCUT2D eigenvalue weighted by molar-refractivity contribution is 5.84. The molecule has 1 aromatic carbocycles. The summed E-state index contributed by atoms with van der Waals surface area (Å²) in [6.07, 6.45) is 25.0. The van der Waals surface area contributed by atoms with E-state index < -0.39 is 0 Å². The number of aromatic amines is 1. The lowest BCUT2D eigenvalue weighted by Crippen LogP contribution is -2.32. The number of nitrogens with zero attached hydrogens (tertiary/aromatic N) is 2. The van der Waals surface area contributed by atoms with Crippen molar-refractivity contribution < 1.29 is 23.7 Å². The molecule has 0 spiro atoms. The van der Waals surface area contributed by atoms with Crippen LogP contribution in [0.1, 0.15) is 141 Å². The fraction of sp³-hybridized carbons (Fsp3) is 0.795. The fourth-order valence-electron chi connectivity index (χ4n) is 6.66. The molecule has 1 heterocycles. The van der Waals surface area contributed by atoms with Gasteiger partial charge in [0.1, 0.15) is 13.6 Å². The normalized spacial score (nSPS) is 11.8. The number of unbranched alkanes of at least 4 members (excludes halogenated alkanes) is 12. The molecule has 2 rings (SSSR count). The van der Waals surface area contributed by atoms with Crippen LogP contribution in [0.25, 0.3) is 10.9 Å². The zero-order valence-electron chi connectivity index (χ0n) is 34.4. The summed E-state index contributed by atoms with van der Waals surface area (Å²) in [5, 5.41) is 4.34. The van der Waals surface area contributed by atoms with Crippen molar-refractivity contribution in [2.75, 3.05) is 86.3 Å². The van der Waals surface area contributed by atoms with Crippen LogP contribution in [0.15, 0.2) is 30.5 Å². The molecule has 0 aliphatic carbocycles. The van der Waals surface area contributed by atoms with E-state index in [1.165, 1.54) is 108 Å². The number of amides is 1. The van der Waals surface area contributed by atoms with Gasteiger partial charge in [-0.3, -0.25) is 4.79 Å². The maximum absolute atomic E-state index is 12.5. The van der Waals surface area contributed by atoms with Crippen molar-refractivity contribution in [1.29, 1.82) is 0 Å². The second-order valence-corrected chi connectivity index (χ2v) is 14.9. The van der Waals surface area contributed by atoms with E-state index in [2.05, 4.69) is 59.2 Å². The van der Waals surface area contributed by atoms with Crippen LogP contribution in [0.2, 0.25) is 0 Å². The summed E-state index contributed by atoms with van der Waals surface area (Å²) in [6.45, 7) is 14.9. The second-order valence-electron chi connectivity index (χ2n) is 14.9. The van der Waals surface area contributed by atoms with Crippen LogP contribution in [0.3, 0.4) is 0 Å². The minimum Gasteiger partial charge on any atom is -0.361 e. The molecule has 0 saturated heterocycles. The Morgan fingerprint density at radius 3 is 1.72 bits per heavy atom. The van der Waals surface area contributed by atoms with Crippen LogP contribution in [0.4, 0.5) is 0 Å². The number of carbonyl (C=O) groups excluding carboxylic acids is 1. The lowest BCUT2D eigenvalue weighted by atomic mass is 10.1. The van der Waals surface area contributed by atoms with Crippen LogP contribution >= 0.6 is 0 Å². The highest BCUT2D eigenvalue weighted by Crippen LogP contribution is 2.19. The molecule has 0 fully saturated rings. The maximum Gasteiger partial charge on any atom is 0.220 e. The maximum atomic E-state index is 12.5. The Morgan fingerprint density at radius 1 is 0.623 bits per heavy atom. The zero-order valence-corrected chi connectivity index (χ0v) is 34.4. The number of benzene rings is 1. The van der Waals surface area contributed by atoms with Gasteiger partial charge in [-0.05, 0) is 109 Å². The predicted octanol–water partition coefficient (Wildman–Crippen LogP) is 9.49. The first-order valence-corrected chi connectivity index (χ1v) is 21.7. The molecule has 1 aromatic heterocycles. The van der Waals surface area contributed by atoms with Gasteiger partial charge < -0.3 is 39.0 Å². The number of carbonyl (C=O) groups is 1. The molecule has 2 aromatic rings. The van der Waals surface area contributed by atoms with Crippen molar-refractivity contribution in [3.05, 3.63) is 36.0 Å². The van der Waals surface area contributed by atoms with Gasteiger partial charge in [-0.25, -0.2) is 0 Å². The minimum atomic E-state index is 0.137. The molecule has 53 heavy (non-hydrogen) atoms. The summed E-state index contributed by atoms with van der Waals surface area (Å²) in [5.74, 6) is 0.137. The molecule has 0 aliphatic rings. The van der Waals surface area contributed by atoms with Crippen molar-refractivity contribution in [1.82, 2.24) is 20.1 Å². The van der Waals surface area contributed by atoms with Crippen LogP contribution in [-0.2, 0) is 30.2 Å². The van der Waals surface area contributed by atoms with Crippen LogP contribution in [0.5, 0.6) is 0 Å². The second kappa shape index (κ2) is 34.5. The number of fused-ring (bicyclic) bond motifs is 1. The Morgan fingerprint density at radius 2 is 1.13 bits per heavy atom. The number of hydrogen-bond acceptors (Lipinski definition) is 7. The molecule has 9 nitrogen and oxygen atoms in total. The molecule has 0 unspecified atom stereocenters. The average Bonchev–Trinajstić information content (AvgIpc) is 3.59. The average molecular weight is 745 g/mol. The molecule has 0 saturated carbocycles. The van der Waals surface area contributed by atoms with E-state index in [0.717, 1.165) is 96.6 Å². The third-order valence-electron chi connectivity index (χ3n) is 9.99.